The summed E-state index contributed by atoms with van der Waals surface area (Å²) in [5, 5.41) is 0. The lowest BCUT2D eigenvalue weighted by molar-refractivity contribution is -0.957. The van der Waals surface area contributed by atoms with E-state index in [1.807, 2.05) is 6.92 Å². The van der Waals surface area contributed by atoms with Crippen LogP contribution >= 0.6 is 0 Å². The molecule has 2 bridgehead atoms. The van der Waals surface area contributed by atoms with Gasteiger partial charge in [-0.05, 0) is 31.6 Å². The molecule has 0 spiro atoms. The Bertz CT molecular complexity index is 218. The minimum absolute atomic E-state index is 0.0160. The molecule has 0 unspecified atom stereocenters. The van der Waals surface area contributed by atoms with Gasteiger partial charge in [-0.25, -0.2) is 0 Å². The maximum Gasteiger partial charge on any atom is 0.310 e. The van der Waals surface area contributed by atoms with Crippen LogP contribution in [0, 0.1) is 5.92 Å². The van der Waals surface area contributed by atoms with Crippen molar-refractivity contribution in [2.45, 2.75) is 39.0 Å². The van der Waals surface area contributed by atoms with Crippen molar-refractivity contribution < 1.29 is 14.0 Å². The zero-order valence-corrected chi connectivity index (χ0v) is 9.71. The molecule has 3 heteroatoms. The Morgan fingerprint density at radius 1 is 1.27 bits per heavy atom. The van der Waals surface area contributed by atoms with Crippen LogP contribution in [0.4, 0.5) is 0 Å². The van der Waals surface area contributed by atoms with Crippen LogP contribution in [0.3, 0.4) is 0 Å². The van der Waals surface area contributed by atoms with Gasteiger partial charge in [-0.3, -0.25) is 9.28 Å². The summed E-state index contributed by atoms with van der Waals surface area (Å²) in [6.45, 7) is 6.32. The fraction of sp³-hybridized carbons (Fsp3) is 0.917. The first kappa shape index (κ1) is 10.9. The van der Waals surface area contributed by atoms with Crippen molar-refractivity contribution >= 4 is 5.97 Å². The second-order valence-corrected chi connectivity index (χ2v) is 5.14. The van der Waals surface area contributed by atoms with E-state index in [1.54, 1.807) is 0 Å². The van der Waals surface area contributed by atoms with Gasteiger partial charge in [-0.1, -0.05) is 6.92 Å². The third kappa shape index (κ3) is 2.51. The van der Waals surface area contributed by atoms with Gasteiger partial charge in [-0.15, -0.1) is 0 Å². The Hall–Kier alpha value is -0.570. The summed E-state index contributed by atoms with van der Waals surface area (Å²) < 4.78 is 6.42. The topological polar surface area (TPSA) is 26.3 Å². The highest BCUT2D eigenvalue weighted by Crippen LogP contribution is 2.33. The number of ether oxygens (including phenoxy) is 1. The molecular weight excluding hydrogens is 190 g/mol. The largest absolute Gasteiger partial charge is 0.415 e. The number of rotatable bonds is 4. The molecule has 0 aromatic rings. The summed E-state index contributed by atoms with van der Waals surface area (Å²) in [5.74, 6) is 0.953. The SMILES string of the molecule is CCCC(=O)OC[N+]12CCC(CC1)CC2. The fourth-order valence-electron chi connectivity index (χ4n) is 2.82. The Morgan fingerprint density at radius 3 is 2.40 bits per heavy atom. The van der Waals surface area contributed by atoms with E-state index in [0.29, 0.717) is 13.2 Å². The summed E-state index contributed by atoms with van der Waals surface area (Å²) >= 11 is 0. The molecule has 0 amide bonds. The molecule has 0 atom stereocenters. The minimum Gasteiger partial charge on any atom is -0.415 e. The molecule has 3 fully saturated rings. The standard InChI is InChI=1S/C12H22NO2/c1-2-3-12(14)15-10-13-7-4-11(5-8-13)6-9-13/h11H,2-10H2,1H3/q+1. The second-order valence-electron chi connectivity index (χ2n) is 5.14. The summed E-state index contributed by atoms with van der Waals surface area (Å²) in [7, 11) is 0. The lowest BCUT2D eigenvalue weighted by atomic mass is 9.86. The molecule has 0 aliphatic carbocycles. The average molecular weight is 212 g/mol. The van der Waals surface area contributed by atoms with E-state index in [2.05, 4.69) is 0 Å². The number of hydrogen-bond donors (Lipinski definition) is 0. The van der Waals surface area contributed by atoms with Gasteiger partial charge in [0.15, 0.2) is 0 Å². The molecule has 15 heavy (non-hydrogen) atoms. The molecule has 86 valence electrons. The normalized spacial score (nSPS) is 34.1. The summed E-state index contributed by atoms with van der Waals surface area (Å²) in [6, 6.07) is 0. The lowest BCUT2D eigenvalue weighted by Gasteiger charge is -2.48. The van der Waals surface area contributed by atoms with E-state index in [4.69, 9.17) is 4.74 Å². The molecule has 3 saturated heterocycles. The molecule has 0 saturated carbocycles. The van der Waals surface area contributed by atoms with Gasteiger partial charge in [0.05, 0.1) is 19.6 Å². The summed E-state index contributed by atoms with van der Waals surface area (Å²) in [6.07, 6.45) is 5.48. The van der Waals surface area contributed by atoms with Gasteiger partial charge in [0, 0.05) is 6.42 Å². The van der Waals surface area contributed by atoms with E-state index >= 15 is 0 Å². The van der Waals surface area contributed by atoms with Gasteiger partial charge in [0.2, 0.25) is 6.73 Å². The quantitative estimate of drug-likeness (QED) is 0.525. The van der Waals surface area contributed by atoms with Crippen LogP contribution in [0.25, 0.3) is 0 Å². The maximum absolute atomic E-state index is 11.3. The Labute approximate surface area is 92.0 Å². The third-order valence-corrected chi connectivity index (χ3v) is 3.99. The first-order chi connectivity index (χ1) is 7.24. The summed E-state index contributed by atoms with van der Waals surface area (Å²) in [5.41, 5.74) is 0. The molecule has 3 aliphatic rings. The highest BCUT2D eigenvalue weighted by Gasteiger charge is 2.40. The predicted octanol–water partition coefficient (Wildman–Crippen LogP) is 1.92. The second kappa shape index (κ2) is 4.52. The van der Waals surface area contributed by atoms with Crippen molar-refractivity contribution in [1.82, 2.24) is 0 Å². The number of carbonyl (C=O) groups excluding carboxylic acids is 1. The Balaban J connectivity index is 1.80. The molecule has 3 aliphatic heterocycles. The first-order valence-electron chi connectivity index (χ1n) is 6.25. The number of piperidine rings is 3. The number of hydrogen-bond acceptors (Lipinski definition) is 2. The van der Waals surface area contributed by atoms with Gasteiger partial charge in [0.1, 0.15) is 0 Å². The predicted molar refractivity (Wildman–Crippen MR) is 58.1 cm³/mol. The molecule has 0 aromatic heterocycles. The van der Waals surface area contributed by atoms with Crippen LogP contribution < -0.4 is 0 Å². The van der Waals surface area contributed by atoms with Crippen LogP contribution in [-0.2, 0) is 9.53 Å². The number of nitrogens with zero attached hydrogens (tertiary/aromatic N) is 1. The average Bonchev–Trinajstić information content (AvgIpc) is 2.30. The number of esters is 1. The van der Waals surface area contributed by atoms with Crippen molar-refractivity contribution in [2.75, 3.05) is 26.4 Å². The van der Waals surface area contributed by atoms with E-state index in [-0.39, 0.29) is 5.97 Å². The highest BCUT2D eigenvalue weighted by molar-refractivity contribution is 5.69. The maximum atomic E-state index is 11.3. The van der Waals surface area contributed by atoms with Gasteiger partial charge < -0.3 is 4.74 Å². The summed E-state index contributed by atoms with van der Waals surface area (Å²) in [4.78, 5) is 11.3. The van der Waals surface area contributed by atoms with Crippen molar-refractivity contribution in [2.24, 2.45) is 5.92 Å². The van der Waals surface area contributed by atoms with E-state index in [9.17, 15) is 4.79 Å². The van der Waals surface area contributed by atoms with E-state index in [0.717, 1.165) is 16.8 Å². The molecule has 0 N–H and O–H groups in total. The minimum atomic E-state index is -0.0160. The number of fused-ring (bicyclic) bond motifs is 3. The molecule has 0 aromatic carbocycles. The highest BCUT2D eigenvalue weighted by atomic mass is 16.5. The van der Waals surface area contributed by atoms with Crippen LogP contribution in [0.2, 0.25) is 0 Å². The monoisotopic (exact) mass is 212 g/mol. The molecule has 0 radical (unpaired) electrons. The lowest BCUT2D eigenvalue weighted by Crippen LogP contribution is -2.59. The van der Waals surface area contributed by atoms with Gasteiger partial charge in [0.25, 0.3) is 0 Å². The number of quaternary nitrogens is 1. The van der Waals surface area contributed by atoms with Crippen LogP contribution in [-0.4, -0.2) is 36.8 Å². The van der Waals surface area contributed by atoms with Gasteiger partial charge >= 0.3 is 5.97 Å². The molecule has 3 rings (SSSR count). The van der Waals surface area contributed by atoms with Crippen molar-refractivity contribution in [1.29, 1.82) is 0 Å². The molecule has 3 heterocycles. The fourth-order valence-corrected chi connectivity index (χ4v) is 2.82. The first-order valence-corrected chi connectivity index (χ1v) is 6.25. The Morgan fingerprint density at radius 2 is 1.87 bits per heavy atom. The van der Waals surface area contributed by atoms with E-state index in [1.165, 1.54) is 38.9 Å². The molecular formula is C12H22NO2+. The molecule has 3 nitrogen and oxygen atoms in total. The van der Waals surface area contributed by atoms with Crippen molar-refractivity contribution in [3.05, 3.63) is 0 Å². The van der Waals surface area contributed by atoms with Crippen LogP contribution in [0.15, 0.2) is 0 Å². The van der Waals surface area contributed by atoms with Crippen molar-refractivity contribution in [3.63, 3.8) is 0 Å². The third-order valence-electron chi connectivity index (χ3n) is 3.99. The van der Waals surface area contributed by atoms with Crippen molar-refractivity contribution in [3.8, 4) is 0 Å². The van der Waals surface area contributed by atoms with Crippen LogP contribution in [0.5, 0.6) is 0 Å². The zero-order valence-electron chi connectivity index (χ0n) is 9.71. The van der Waals surface area contributed by atoms with Crippen LogP contribution in [0.1, 0.15) is 39.0 Å². The smallest absolute Gasteiger partial charge is 0.310 e. The van der Waals surface area contributed by atoms with Gasteiger partial charge in [-0.2, -0.15) is 0 Å². The number of carbonyl (C=O) groups is 1. The zero-order chi connectivity index (χ0) is 10.7. The van der Waals surface area contributed by atoms with E-state index < -0.39 is 0 Å². The Kier molecular flexibility index (Phi) is 3.29.